The molecule has 0 saturated heterocycles. The highest BCUT2D eigenvalue weighted by Gasteiger charge is 2.17. The number of pyridine rings is 1. The molecule has 0 spiro atoms. The molecular formula is C22H30N4O2. The van der Waals surface area contributed by atoms with E-state index in [0.717, 1.165) is 54.0 Å². The van der Waals surface area contributed by atoms with E-state index in [0.29, 0.717) is 18.7 Å². The Balaban J connectivity index is 1.76. The Labute approximate surface area is 167 Å². The van der Waals surface area contributed by atoms with Crippen molar-refractivity contribution < 1.29 is 9.53 Å². The lowest BCUT2D eigenvalue weighted by atomic mass is 10.0. The predicted molar refractivity (Wildman–Crippen MR) is 113 cm³/mol. The van der Waals surface area contributed by atoms with E-state index in [1.54, 1.807) is 0 Å². The zero-order valence-corrected chi connectivity index (χ0v) is 17.3. The highest BCUT2D eigenvalue weighted by atomic mass is 16.5. The molecular weight excluding hydrogens is 352 g/mol. The molecule has 0 aliphatic carbocycles. The molecule has 1 aliphatic rings. The van der Waals surface area contributed by atoms with E-state index in [4.69, 9.17) is 9.72 Å². The van der Waals surface area contributed by atoms with Crippen molar-refractivity contribution in [2.24, 2.45) is 0 Å². The number of aromatic nitrogens is 1. The van der Waals surface area contributed by atoms with Gasteiger partial charge in [-0.2, -0.15) is 0 Å². The van der Waals surface area contributed by atoms with Crippen LogP contribution in [0.1, 0.15) is 28.0 Å². The molecule has 0 saturated carbocycles. The molecule has 0 unspecified atom stereocenters. The number of nitrogens with one attached hydrogen (secondary N) is 1. The summed E-state index contributed by atoms with van der Waals surface area (Å²) in [6.45, 7) is 6.07. The summed E-state index contributed by atoms with van der Waals surface area (Å²) in [5, 5.41) is 3.94. The number of fused-ring (bicyclic) bond motifs is 1. The van der Waals surface area contributed by atoms with Crippen LogP contribution in [0.25, 0.3) is 16.7 Å². The molecule has 28 heavy (non-hydrogen) atoms. The van der Waals surface area contributed by atoms with Crippen LogP contribution in [-0.2, 0) is 4.74 Å². The average molecular weight is 383 g/mol. The molecule has 0 atom stereocenters. The highest BCUT2D eigenvalue weighted by Crippen LogP contribution is 2.26. The molecule has 1 N–H and O–H groups in total. The van der Waals surface area contributed by atoms with E-state index < -0.39 is 0 Å². The van der Waals surface area contributed by atoms with E-state index in [2.05, 4.69) is 36.3 Å². The number of hydrogen-bond acceptors (Lipinski definition) is 5. The maximum absolute atomic E-state index is 13.0. The summed E-state index contributed by atoms with van der Waals surface area (Å²) in [6, 6.07) is 7.86. The van der Waals surface area contributed by atoms with Crippen molar-refractivity contribution in [1.82, 2.24) is 20.1 Å². The minimum absolute atomic E-state index is 0.0705. The van der Waals surface area contributed by atoms with Crippen LogP contribution in [0.3, 0.4) is 0 Å². The number of amides is 1. The zero-order chi connectivity index (χ0) is 20.1. The van der Waals surface area contributed by atoms with Crippen LogP contribution in [0.15, 0.2) is 30.3 Å². The van der Waals surface area contributed by atoms with Gasteiger partial charge in [0.1, 0.15) is 11.5 Å². The summed E-state index contributed by atoms with van der Waals surface area (Å²) in [6.07, 6.45) is 2.91. The topological polar surface area (TPSA) is 57.7 Å². The fourth-order valence-corrected chi connectivity index (χ4v) is 3.19. The first-order valence-corrected chi connectivity index (χ1v) is 9.80. The Morgan fingerprint density at radius 2 is 2.00 bits per heavy atom. The van der Waals surface area contributed by atoms with Crippen molar-refractivity contribution >= 4 is 22.6 Å². The van der Waals surface area contributed by atoms with E-state index in [1.165, 1.54) is 0 Å². The van der Waals surface area contributed by atoms with Crippen molar-refractivity contribution in [2.75, 3.05) is 53.9 Å². The van der Waals surface area contributed by atoms with Gasteiger partial charge < -0.3 is 19.9 Å². The third-order valence-electron chi connectivity index (χ3n) is 4.87. The summed E-state index contributed by atoms with van der Waals surface area (Å²) < 4.78 is 5.66. The number of hydrogen-bond donors (Lipinski definition) is 1. The van der Waals surface area contributed by atoms with Crippen LogP contribution in [0.2, 0.25) is 0 Å². The van der Waals surface area contributed by atoms with Crippen LogP contribution in [0.5, 0.6) is 0 Å². The molecule has 6 heteroatoms. The van der Waals surface area contributed by atoms with Gasteiger partial charge in [0.2, 0.25) is 0 Å². The minimum Gasteiger partial charge on any atom is -0.491 e. The average Bonchev–Trinajstić information content (AvgIpc) is 3.20. The van der Waals surface area contributed by atoms with Crippen molar-refractivity contribution in [3.8, 4) is 0 Å². The quantitative estimate of drug-likeness (QED) is 0.760. The molecule has 1 amide bonds. The molecule has 6 nitrogen and oxygen atoms in total. The molecule has 1 aromatic heterocycles. The van der Waals surface area contributed by atoms with E-state index >= 15 is 0 Å². The molecule has 2 heterocycles. The molecule has 0 fully saturated rings. The summed E-state index contributed by atoms with van der Waals surface area (Å²) in [5.41, 5.74) is 3.29. The smallest absolute Gasteiger partial charge is 0.252 e. The number of likely N-dealkylation sites (N-methyl/N-ethyl adjacent to an activating group) is 2. The molecule has 1 aromatic carbocycles. The Morgan fingerprint density at radius 3 is 2.71 bits per heavy atom. The maximum atomic E-state index is 13.0. The van der Waals surface area contributed by atoms with Crippen molar-refractivity contribution in [2.45, 2.75) is 13.3 Å². The third kappa shape index (κ3) is 5.09. The zero-order valence-electron chi connectivity index (χ0n) is 17.3. The first-order valence-electron chi connectivity index (χ1n) is 9.80. The number of carbonyl (C=O) groups is 1. The summed E-state index contributed by atoms with van der Waals surface area (Å²) >= 11 is 0. The molecule has 3 rings (SSSR count). The van der Waals surface area contributed by atoms with Gasteiger partial charge in [0.25, 0.3) is 5.91 Å². The number of ether oxygens (including phenoxy) is 1. The van der Waals surface area contributed by atoms with Gasteiger partial charge in [0.05, 0.1) is 17.7 Å². The van der Waals surface area contributed by atoms with Gasteiger partial charge in [-0.15, -0.1) is 0 Å². The first kappa shape index (κ1) is 20.3. The first-order chi connectivity index (χ1) is 13.4. The molecule has 2 aromatic rings. The summed E-state index contributed by atoms with van der Waals surface area (Å²) in [4.78, 5) is 22.0. The Morgan fingerprint density at radius 1 is 1.18 bits per heavy atom. The second-order valence-electron chi connectivity index (χ2n) is 7.64. The number of carbonyl (C=O) groups excluding carboxylic acids is 1. The second kappa shape index (κ2) is 9.17. The molecule has 1 aliphatic heterocycles. The molecule has 150 valence electrons. The van der Waals surface area contributed by atoms with Gasteiger partial charge in [-0.1, -0.05) is 11.6 Å². The standard InChI is InChI=1S/C22H30N4O2/c1-16-7-8-19-17(14-16)18(15-20(24-19)21-6-5-13-28-21)22(27)23-9-10-26(4)12-11-25(2)3/h6-8,14-15H,5,9-13H2,1-4H3,(H,23,27). The maximum Gasteiger partial charge on any atom is 0.252 e. The van der Waals surface area contributed by atoms with Crippen LogP contribution in [0, 0.1) is 6.92 Å². The number of rotatable bonds is 8. The monoisotopic (exact) mass is 382 g/mol. The normalized spacial score (nSPS) is 13.9. The lowest BCUT2D eigenvalue weighted by Gasteiger charge is -2.19. The largest absolute Gasteiger partial charge is 0.491 e. The van der Waals surface area contributed by atoms with Crippen LogP contribution < -0.4 is 5.32 Å². The summed E-state index contributed by atoms with van der Waals surface area (Å²) in [5.74, 6) is 0.693. The number of benzene rings is 1. The Hall–Kier alpha value is -2.44. The Kier molecular flexibility index (Phi) is 6.65. The fraction of sp³-hybridized carbons (Fsp3) is 0.455. The van der Waals surface area contributed by atoms with Gasteiger partial charge in [0, 0.05) is 38.0 Å². The fourth-order valence-electron chi connectivity index (χ4n) is 3.19. The predicted octanol–water partition coefficient (Wildman–Crippen LogP) is 2.53. The van der Waals surface area contributed by atoms with Crippen LogP contribution >= 0.6 is 0 Å². The van der Waals surface area contributed by atoms with Gasteiger partial charge in [-0.25, -0.2) is 4.98 Å². The van der Waals surface area contributed by atoms with Gasteiger partial charge in [-0.05, 0) is 52.3 Å². The minimum atomic E-state index is -0.0705. The van der Waals surface area contributed by atoms with Crippen molar-refractivity contribution in [3.05, 3.63) is 47.2 Å². The Bertz CT molecular complexity index is 876. The van der Waals surface area contributed by atoms with Crippen LogP contribution in [0.4, 0.5) is 0 Å². The SMILES string of the molecule is Cc1ccc2nc(C3=CCCO3)cc(C(=O)NCCN(C)CCN(C)C)c2c1. The third-order valence-corrected chi connectivity index (χ3v) is 4.87. The van der Waals surface area contributed by atoms with E-state index in [-0.39, 0.29) is 5.91 Å². The van der Waals surface area contributed by atoms with E-state index in [1.807, 2.05) is 37.3 Å². The van der Waals surface area contributed by atoms with Gasteiger partial charge in [0.15, 0.2) is 0 Å². The summed E-state index contributed by atoms with van der Waals surface area (Å²) in [7, 11) is 6.20. The van der Waals surface area contributed by atoms with Crippen molar-refractivity contribution in [3.63, 3.8) is 0 Å². The van der Waals surface area contributed by atoms with Crippen LogP contribution in [-0.4, -0.2) is 74.6 Å². The highest BCUT2D eigenvalue weighted by molar-refractivity contribution is 6.06. The van der Waals surface area contributed by atoms with Gasteiger partial charge >= 0.3 is 0 Å². The molecule has 0 bridgehead atoms. The van der Waals surface area contributed by atoms with Crippen molar-refractivity contribution in [1.29, 1.82) is 0 Å². The number of aryl methyl sites for hydroxylation is 1. The number of nitrogens with zero attached hydrogens (tertiary/aromatic N) is 3. The van der Waals surface area contributed by atoms with E-state index in [9.17, 15) is 4.79 Å². The van der Waals surface area contributed by atoms with Gasteiger partial charge in [-0.3, -0.25) is 4.79 Å². The lowest BCUT2D eigenvalue weighted by molar-refractivity contribution is 0.0951. The lowest BCUT2D eigenvalue weighted by Crippen LogP contribution is -2.36. The second-order valence-corrected chi connectivity index (χ2v) is 7.64. The molecule has 0 radical (unpaired) electrons.